The van der Waals surface area contributed by atoms with Gasteiger partial charge in [-0.25, -0.2) is 9.69 Å². The molecule has 2 fully saturated rings. The van der Waals surface area contributed by atoms with Crippen LogP contribution in [-0.2, 0) is 16.0 Å². The van der Waals surface area contributed by atoms with E-state index in [1.54, 1.807) is 20.8 Å². The first kappa shape index (κ1) is 15.3. The molecule has 0 spiro atoms. The standard InChI is InChI=1S/C17H20ClNO3/c1-17(2,3)22-16(21)19-14-9-12(14)13(15(19)20)8-10-4-6-11(18)7-5-10/h4-7,12-14H,8-9H2,1-3H3. The highest BCUT2D eigenvalue weighted by Gasteiger charge is 2.60. The number of rotatable bonds is 2. The van der Waals surface area contributed by atoms with Gasteiger partial charge in [-0.2, -0.15) is 0 Å². The van der Waals surface area contributed by atoms with E-state index in [1.165, 1.54) is 4.90 Å². The zero-order valence-electron chi connectivity index (χ0n) is 13.0. The van der Waals surface area contributed by atoms with Gasteiger partial charge in [0.05, 0.1) is 0 Å². The third kappa shape index (κ3) is 2.98. The molecular weight excluding hydrogens is 302 g/mol. The Hall–Kier alpha value is -1.55. The van der Waals surface area contributed by atoms with Crippen LogP contribution in [0.5, 0.6) is 0 Å². The van der Waals surface area contributed by atoms with Crippen molar-refractivity contribution in [2.24, 2.45) is 11.8 Å². The molecule has 1 aliphatic carbocycles. The van der Waals surface area contributed by atoms with Crippen LogP contribution in [0.15, 0.2) is 24.3 Å². The number of halogens is 1. The summed E-state index contributed by atoms with van der Waals surface area (Å²) in [5.74, 6) is 0.0415. The van der Waals surface area contributed by atoms with E-state index in [4.69, 9.17) is 16.3 Å². The Balaban J connectivity index is 1.70. The van der Waals surface area contributed by atoms with Crippen LogP contribution in [0.4, 0.5) is 4.79 Å². The number of amides is 2. The molecule has 1 saturated carbocycles. The molecule has 0 aromatic heterocycles. The Kier molecular flexibility index (Phi) is 3.68. The highest BCUT2D eigenvalue weighted by atomic mass is 35.5. The molecule has 2 amide bonds. The van der Waals surface area contributed by atoms with Crippen molar-refractivity contribution in [3.8, 4) is 0 Å². The summed E-state index contributed by atoms with van der Waals surface area (Å²) >= 11 is 5.88. The van der Waals surface area contributed by atoms with E-state index in [2.05, 4.69) is 0 Å². The quantitative estimate of drug-likeness (QED) is 0.835. The van der Waals surface area contributed by atoms with Crippen molar-refractivity contribution in [2.75, 3.05) is 0 Å². The van der Waals surface area contributed by atoms with Gasteiger partial charge in [0.15, 0.2) is 0 Å². The van der Waals surface area contributed by atoms with Gasteiger partial charge in [-0.05, 0) is 57.2 Å². The highest BCUT2D eigenvalue weighted by Crippen LogP contribution is 2.50. The highest BCUT2D eigenvalue weighted by molar-refractivity contribution is 6.30. The number of likely N-dealkylation sites (tertiary alicyclic amines) is 1. The second-order valence-electron chi connectivity index (χ2n) is 7.09. The molecule has 3 atom stereocenters. The summed E-state index contributed by atoms with van der Waals surface area (Å²) in [6.07, 6.45) is 1.03. The third-order valence-electron chi connectivity index (χ3n) is 4.17. The molecule has 5 heteroatoms. The monoisotopic (exact) mass is 321 g/mol. The number of hydrogen-bond acceptors (Lipinski definition) is 3. The lowest BCUT2D eigenvalue weighted by Crippen LogP contribution is -2.41. The second kappa shape index (κ2) is 5.27. The van der Waals surface area contributed by atoms with Gasteiger partial charge in [-0.3, -0.25) is 4.79 Å². The fourth-order valence-electron chi connectivity index (χ4n) is 3.10. The summed E-state index contributed by atoms with van der Waals surface area (Å²) < 4.78 is 5.35. The third-order valence-corrected chi connectivity index (χ3v) is 4.42. The van der Waals surface area contributed by atoms with Gasteiger partial charge < -0.3 is 4.74 Å². The van der Waals surface area contributed by atoms with E-state index >= 15 is 0 Å². The number of fused-ring (bicyclic) bond motifs is 1. The van der Waals surface area contributed by atoms with Crippen LogP contribution in [0.2, 0.25) is 5.02 Å². The molecule has 1 saturated heterocycles. The minimum atomic E-state index is -0.587. The van der Waals surface area contributed by atoms with Crippen molar-refractivity contribution in [3.05, 3.63) is 34.9 Å². The van der Waals surface area contributed by atoms with Gasteiger partial charge in [0.2, 0.25) is 5.91 Å². The smallest absolute Gasteiger partial charge is 0.417 e. The normalized spacial score (nSPS) is 26.8. The van der Waals surface area contributed by atoms with E-state index < -0.39 is 11.7 Å². The van der Waals surface area contributed by atoms with Crippen LogP contribution < -0.4 is 0 Å². The molecule has 3 rings (SSSR count). The fourth-order valence-corrected chi connectivity index (χ4v) is 3.23. The van der Waals surface area contributed by atoms with Crippen molar-refractivity contribution in [1.29, 1.82) is 0 Å². The Morgan fingerprint density at radius 1 is 1.32 bits per heavy atom. The summed E-state index contributed by atoms with van der Waals surface area (Å²) in [4.78, 5) is 26.1. The van der Waals surface area contributed by atoms with Crippen molar-refractivity contribution in [3.63, 3.8) is 0 Å². The Labute approximate surface area is 135 Å². The Morgan fingerprint density at radius 3 is 2.55 bits per heavy atom. The van der Waals surface area contributed by atoms with Gasteiger partial charge in [0, 0.05) is 17.0 Å². The molecular formula is C17H20ClNO3. The average molecular weight is 322 g/mol. The van der Waals surface area contributed by atoms with Crippen LogP contribution in [0, 0.1) is 11.8 Å². The summed E-state index contributed by atoms with van der Waals surface area (Å²) in [6, 6.07) is 7.55. The van der Waals surface area contributed by atoms with Crippen LogP contribution in [-0.4, -0.2) is 28.5 Å². The molecule has 1 aromatic rings. The maximum Gasteiger partial charge on any atom is 0.417 e. The number of imide groups is 1. The SMILES string of the molecule is CC(C)(C)OC(=O)N1C(=O)C(Cc2ccc(Cl)cc2)C2CC21. The van der Waals surface area contributed by atoms with E-state index in [0.29, 0.717) is 11.4 Å². The lowest BCUT2D eigenvalue weighted by Gasteiger charge is -2.25. The zero-order valence-corrected chi connectivity index (χ0v) is 13.8. The number of ether oxygens (including phenoxy) is 1. The van der Waals surface area contributed by atoms with Crippen LogP contribution in [0.3, 0.4) is 0 Å². The second-order valence-corrected chi connectivity index (χ2v) is 7.53. The van der Waals surface area contributed by atoms with Crippen molar-refractivity contribution >= 4 is 23.6 Å². The molecule has 2 aliphatic rings. The molecule has 1 aromatic carbocycles. The summed E-state index contributed by atoms with van der Waals surface area (Å²) in [5.41, 5.74) is 0.482. The number of nitrogens with zero attached hydrogens (tertiary/aromatic N) is 1. The molecule has 0 N–H and O–H groups in total. The van der Waals surface area contributed by atoms with Crippen LogP contribution in [0.25, 0.3) is 0 Å². The minimum Gasteiger partial charge on any atom is -0.443 e. The van der Waals surface area contributed by atoms with E-state index in [-0.39, 0.29) is 23.8 Å². The summed E-state index contributed by atoms with van der Waals surface area (Å²) in [7, 11) is 0. The number of benzene rings is 1. The largest absolute Gasteiger partial charge is 0.443 e. The predicted molar refractivity (Wildman–Crippen MR) is 83.6 cm³/mol. The van der Waals surface area contributed by atoms with E-state index in [1.807, 2.05) is 24.3 Å². The van der Waals surface area contributed by atoms with Gasteiger partial charge in [0.25, 0.3) is 0 Å². The predicted octanol–water partition coefficient (Wildman–Crippen LogP) is 3.66. The molecule has 0 radical (unpaired) electrons. The molecule has 4 nitrogen and oxygen atoms in total. The van der Waals surface area contributed by atoms with Crippen molar-refractivity contribution in [1.82, 2.24) is 4.90 Å². The Morgan fingerprint density at radius 2 is 1.95 bits per heavy atom. The van der Waals surface area contributed by atoms with Crippen LogP contribution >= 0.6 is 11.6 Å². The first-order valence-electron chi connectivity index (χ1n) is 7.57. The maximum absolute atomic E-state index is 12.5. The molecule has 118 valence electrons. The molecule has 1 heterocycles. The molecule has 3 unspecified atom stereocenters. The first-order valence-corrected chi connectivity index (χ1v) is 7.94. The zero-order chi connectivity index (χ0) is 16.1. The topological polar surface area (TPSA) is 46.6 Å². The molecule has 22 heavy (non-hydrogen) atoms. The summed E-state index contributed by atoms with van der Waals surface area (Å²) in [6.45, 7) is 5.42. The number of carbonyl (C=O) groups excluding carboxylic acids is 2. The van der Waals surface area contributed by atoms with Crippen LogP contribution in [0.1, 0.15) is 32.8 Å². The first-order chi connectivity index (χ1) is 10.3. The van der Waals surface area contributed by atoms with Crippen molar-refractivity contribution in [2.45, 2.75) is 45.3 Å². The number of carbonyl (C=O) groups is 2. The molecule has 1 aliphatic heterocycles. The van der Waals surface area contributed by atoms with Gasteiger partial charge in [-0.15, -0.1) is 0 Å². The summed E-state index contributed by atoms with van der Waals surface area (Å²) in [5, 5.41) is 0.682. The number of hydrogen-bond donors (Lipinski definition) is 0. The van der Waals surface area contributed by atoms with Gasteiger partial charge in [0.1, 0.15) is 5.60 Å². The lowest BCUT2D eigenvalue weighted by molar-refractivity contribution is -0.132. The lowest BCUT2D eigenvalue weighted by atomic mass is 9.95. The Bertz CT molecular complexity index is 605. The number of piperidine rings is 1. The van der Waals surface area contributed by atoms with E-state index in [0.717, 1.165) is 12.0 Å². The fraction of sp³-hybridized carbons (Fsp3) is 0.529. The average Bonchev–Trinajstić information content (AvgIpc) is 3.10. The molecule has 0 bridgehead atoms. The maximum atomic E-state index is 12.5. The minimum absolute atomic E-state index is 0.0275. The van der Waals surface area contributed by atoms with E-state index in [9.17, 15) is 9.59 Å². The van der Waals surface area contributed by atoms with Gasteiger partial charge in [-0.1, -0.05) is 23.7 Å². The van der Waals surface area contributed by atoms with Gasteiger partial charge >= 0.3 is 6.09 Å². The van der Waals surface area contributed by atoms with Crippen molar-refractivity contribution < 1.29 is 14.3 Å².